The average molecular weight is 193 g/mol. The lowest BCUT2D eigenvalue weighted by Gasteiger charge is -2.02. The van der Waals surface area contributed by atoms with E-state index in [1.807, 2.05) is 13.8 Å². The molecule has 6 heteroatoms. The van der Waals surface area contributed by atoms with E-state index >= 15 is 0 Å². The molecule has 2 aromatic rings. The normalized spacial score (nSPS) is 11.4. The van der Waals surface area contributed by atoms with Crippen molar-refractivity contribution in [3.8, 4) is 0 Å². The second kappa shape index (κ2) is 2.83. The summed E-state index contributed by atoms with van der Waals surface area (Å²) in [6, 6.07) is 0. The Morgan fingerprint density at radius 1 is 1.43 bits per heavy atom. The monoisotopic (exact) mass is 193 g/mol. The van der Waals surface area contributed by atoms with Gasteiger partial charge >= 0.3 is 0 Å². The number of H-pyrrole nitrogens is 2. The highest BCUT2D eigenvalue weighted by Crippen LogP contribution is 2.13. The summed E-state index contributed by atoms with van der Waals surface area (Å²) in [5.41, 5.74) is 5.65. The molecule has 2 aromatic heterocycles. The van der Waals surface area contributed by atoms with Crippen LogP contribution >= 0.6 is 0 Å². The van der Waals surface area contributed by atoms with Gasteiger partial charge in [-0.2, -0.15) is 5.10 Å². The van der Waals surface area contributed by atoms with Gasteiger partial charge < -0.3 is 10.7 Å². The maximum absolute atomic E-state index is 11.6. The number of anilines is 1. The van der Waals surface area contributed by atoms with Crippen molar-refractivity contribution in [2.75, 3.05) is 5.73 Å². The number of aromatic amines is 2. The summed E-state index contributed by atoms with van der Waals surface area (Å²) < 4.78 is 0. The van der Waals surface area contributed by atoms with Gasteiger partial charge in [-0.15, -0.1) is 0 Å². The predicted octanol–water partition coefficient (Wildman–Crippen LogP) is 0.352. The fraction of sp³-hybridized carbons (Fsp3) is 0.375. The second-order valence-corrected chi connectivity index (χ2v) is 3.44. The van der Waals surface area contributed by atoms with Gasteiger partial charge in [0.2, 0.25) is 0 Å². The van der Waals surface area contributed by atoms with Crippen molar-refractivity contribution >= 4 is 16.9 Å². The van der Waals surface area contributed by atoms with Gasteiger partial charge in [0.15, 0.2) is 5.65 Å². The van der Waals surface area contributed by atoms with Crippen LogP contribution in [0.1, 0.15) is 25.6 Å². The highest BCUT2D eigenvalue weighted by Gasteiger charge is 2.11. The number of fused-ring (bicyclic) bond motifs is 1. The highest BCUT2D eigenvalue weighted by molar-refractivity contribution is 5.84. The van der Waals surface area contributed by atoms with E-state index in [1.165, 1.54) is 0 Å². The van der Waals surface area contributed by atoms with Crippen molar-refractivity contribution in [2.24, 2.45) is 0 Å². The standard InChI is InChI=1S/C8H11N5O/c1-3(2)6-10-7-4(8(14)11-6)5(9)12-13-7/h3H,1-2H3,(H4,9,10,11,12,13,14). The first-order valence-corrected chi connectivity index (χ1v) is 4.33. The van der Waals surface area contributed by atoms with Gasteiger partial charge in [-0.3, -0.25) is 9.89 Å². The summed E-state index contributed by atoms with van der Waals surface area (Å²) in [7, 11) is 0. The Morgan fingerprint density at radius 3 is 2.79 bits per heavy atom. The van der Waals surface area contributed by atoms with E-state index in [-0.39, 0.29) is 17.3 Å². The third-order valence-electron chi connectivity index (χ3n) is 2.02. The Morgan fingerprint density at radius 2 is 2.14 bits per heavy atom. The zero-order chi connectivity index (χ0) is 10.3. The van der Waals surface area contributed by atoms with E-state index in [0.29, 0.717) is 16.9 Å². The molecule has 0 aliphatic carbocycles. The summed E-state index contributed by atoms with van der Waals surface area (Å²) in [5.74, 6) is 1.03. The van der Waals surface area contributed by atoms with Crippen LogP contribution < -0.4 is 11.3 Å². The molecule has 0 bridgehead atoms. The molecule has 4 N–H and O–H groups in total. The van der Waals surface area contributed by atoms with Crippen LogP contribution in [0.15, 0.2) is 4.79 Å². The minimum atomic E-state index is -0.245. The Labute approximate surface area is 79.5 Å². The molecule has 0 unspecified atom stereocenters. The lowest BCUT2D eigenvalue weighted by molar-refractivity contribution is 0.774. The van der Waals surface area contributed by atoms with Gasteiger partial charge in [-0.05, 0) is 0 Å². The zero-order valence-corrected chi connectivity index (χ0v) is 7.96. The first kappa shape index (κ1) is 8.74. The maximum atomic E-state index is 11.6. The van der Waals surface area contributed by atoms with Crippen LogP contribution in [-0.2, 0) is 0 Å². The summed E-state index contributed by atoms with van der Waals surface area (Å²) in [5, 5.41) is 6.70. The Hall–Kier alpha value is -1.85. The summed E-state index contributed by atoms with van der Waals surface area (Å²) in [6.45, 7) is 3.89. The molecule has 0 amide bonds. The lowest BCUT2D eigenvalue weighted by Crippen LogP contribution is -2.13. The molecule has 0 saturated carbocycles. The smallest absolute Gasteiger partial charge is 0.264 e. The molecule has 0 aliphatic rings. The molecule has 14 heavy (non-hydrogen) atoms. The van der Waals surface area contributed by atoms with Crippen molar-refractivity contribution in [3.63, 3.8) is 0 Å². The van der Waals surface area contributed by atoms with Crippen molar-refractivity contribution in [3.05, 3.63) is 16.2 Å². The second-order valence-electron chi connectivity index (χ2n) is 3.44. The predicted molar refractivity (Wildman–Crippen MR) is 53.0 cm³/mol. The summed E-state index contributed by atoms with van der Waals surface area (Å²) in [4.78, 5) is 18.4. The topological polar surface area (TPSA) is 100 Å². The summed E-state index contributed by atoms with van der Waals surface area (Å²) >= 11 is 0. The minimum Gasteiger partial charge on any atom is -0.383 e. The fourth-order valence-electron chi connectivity index (χ4n) is 1.24. The van der Waals surface area contributed by atoms with Gasteiger partial charge in [0, 0.05) is 5.92 Å². The van der Waals surface area contributed by atoms with Gasteiger partial charge in [0.25, 0.3) is 5.56 Å². The third-order valence-corrected chi connectivity index (χ3v) is 2.02. The molecule has 74 valence electrons. The molecule has 0 fully saturated rings. The Kier molecular flexibility index (Phi) is 1.77. The van der Waals surface area contributed by atoms with Gasteiger partial charge in [0.1, 0.15) is 17.0 Å². The number of aromatic nitrogens is 4. The van der Waals surface area contributed by atoms with Crippen LogP contribution in [0.5, 0.6) is 0 Å². The molecule has 0 aliphatic heterocycles. The molecule has 0 radical (unpaired) electrons. The van der Waals surface area contributed by atoms with E-state index in [0.717, 1.165) is 0 Å². The number of nitrogens with zero attached hydrogens (tertiary/aromatic N) is 2. The Bertz CT molecular complexity index is 524. The molecule has 0 aromatic carbocycles. The van der Waals surface area contributed by atoms with Crippen LogP contribution in [0.2, 0.25) is 0 Å². The van der Waals surface area contributed by atoms with E-state index in [9.17, 15) is 4.79 Å². The van der Waals surface area contributed by atoms with Crippen LogP contribution in [0.3, 0.4) is 0 Å². The van der Waals surface area contributed by atoms with Crippen LogP contribution in [0, 0.1) is 0 Å². The molecule has 0 atom stereocenters. The van der Waals surface area contributed by atoms with E-state index < -0.39 is 0 Å². The van der Waals surface area contributed by atoms with Crippen molar-refractivity contribution in [1.29, 1.82) is 0 Å². The molecular formula is C8H11N5O. The SMILES string of the molecule is CC(C)c1nc2n[nH]c(N)c2c(=O)[nH]1. The number of nitrogens with one attached hydrogen (secondary N) is 2. The van der Waals surface area contributed by atoms with Crippen LogP contribution in [0.25, 0.3) is 11.0 Å². The first-order chi connectivity index (χ1) is 6.59. The maximum Gasteiger partial charge on any atom is 0.264 e. The first-order valence-electron chi connectivity index (χ1n) is 4.33. The number of hydrogen-bond acceptors (Lipinski definition) is 4. The highest BCUT2D eigenvalue weighted by atomic mass is 16.1. The fourth-order valence-corrected chi connectivity index (χ4v) is 1.24. The number of nitrogen functional groups attached to an aromatic ring is 1. The average Bonchev–Trinajstić information content (AvgIpc) is 2.48. The lowest BCUT2D eigenvalue weighted by atomic mass is 10.2. The van der Waals surface area contributed by atoms with E-state index in [1.54, 1.807) is 0 Å². The molecule has 0 spiro atoms. The molecule has 0 saturated heterocycles. The molecule has 2 heterocycles. The van der Waals surface area contributed by atoms with E-state index in [2.05, 4.69) is 20.2 Å². The summed E-state index contributed by atoms with van der Waals surface area (Å²) in [6.07, 6.45) is 0. The molecule has 2 rings (SSSR count). The number of nitrogens with two attached hydrogens (primary N) is 1. The quantitative estimate of drug-likeness (QED) is 0.608. The Balaban J connectivity index is 2.81. The van der Waals surface area contributed by atoms with Gasteiger partial charge in [-0.1, -0.05) is 13.8 Å². The zero-order valence-electron chi connectivity index (χ0n) is 7.96. The molecular weight excluding hydrogens is 182 g/mol. The van der Waals surface area contributed by atoms with Crippen molar-refractivity contribution in [1.82, 2.24) is 20.2 Å². The van der Waals surface area contributed by atoms with Gasteiger partial charge in [-0.25, -0.2) is 4.98 Å². The third kappa shape index (κ3) is 1.15. The largest absolute Gasteiger partial charge is 0.383 e. The minimum absolute atomic E-state index is 0.157. The number of rotatable bonds is 1. The van der Waals surface area contributed by atoms with Crippen molar-refractivity contribution < 1.29 is 0 Å². The number of hydrogen-bond donors (Lipinski definition) is 3. The van der Waals surface area contributed by atoms with Crippen LogP contribution in [-0.4, -0.2) is 20.2 Å². The van der Waals surface area contributed by atoms with Crippen LogP contribution in [0.4, 0.5) is 5.82 Å². The van der Waals surface area contributed by atoms with E-state index in [4.69, 9.17) is 5.73 Å². The van der Waals surface area contributed by atoms with Crippen molar-refractivity contribution in [2.45, 2.75) is 19.8 Å². The molecule has 6 nitrogen and oxygen atoms in total. The van der Waals surface area contributed by atoms with Gasteiger partial charge in [0.05, 0.1) is 0 Å².